The maximum absolute atomic E-state index is 2.24. The van der Waals surface area contributed by atoms with E-state index in [9.17, 15) is 0 Å². The molecule has 0 N–H and O–H groups in total. The Hall–Kier alpha value is -1.82. The van der Waals surface area contributed by atoms with Gasteiger partial charge in [-0.05, 0) is 35.4 Å². The monoisotopic (exact) mass is 222 g/mol. The van der Waals surface area contributed by atoms with E-state index in [4.69, 9.17) is 0 Å². The van der Waals surface area contributed by atoms with Crippen molar-refractivity contribution >= 4 is 21.5 Å². The molecule has 0 amide bonds. The fourth-order valence-corrected chi connectivity index (χ4v) is 2.31. The van der Waals surface area contributed by atoms with Gasteiger partial charge in [0.2, 0.25) is 0 Å². The molecule has 0 nitrogen and oxygen atoms in total. The molecule has 0 fully saturated rings. The molecule has 0 heteroatoms. The lowest BCUT2D eigenvalue weighted by molar-refractivity contribution is 1.50. The van der Waals surface area contributed by atoms with Gasteiger partial charge in [-0.3, -0.25) is 0 Å². The van der Waals surface area contributed by atoms with E-state index in [0.717, 1.165) is 0 Å². The lowest BCUT2D eigenvalue weighted by atomic mass is 9.99. The highest BCUT2D eigenvalue weighted by Gasteiger charge is 2.00. The van der Waals surface area contributed by atoms with Crippen LogP contribution in [0.3, 0.4) is 0 Å². The van der Waals surface area contributed by atoms with Crippen LogP contribution < -0.4 is 0 Å². The second-order valence-electron chi connectivity index (χ2n) is 4.51. The SMILES string of the molecule is C.Cc1ccc2c(ccc3cc(C)ccc32)c1. The summed E-state index contributed by atoms with van der Waals surface area (Å²) < 4.78 is 0. The summed E-state index contributed by atoms with van der Waals surface area (Å²) in [5.74, 6) is 0. The minimum Gasteiger partial charge on any atom is -0.0776 e. The highest BCUT2D eigenvalue weighted by atomic mass is 14.0. The lowest BCUT2D eigenvalue weighted by Crippen LogP contribution is -1.80. The van der Waals surface area contributed by atoms with Crippen LogP contribution >= 0.6 is 0 Å². The quantitative estimate of drug-likeness (QED) is 0.456. The minimum atomic E-state index is 0. The fraction of sp³-hybridized carbons (Fsp3) is 0.176. The summed E-state index contributed by atoms with van der Waals surface area (Å²) in [5.41, 5.74) is 2.64. The molecule has 0 aliphatic heterocycles. The van der Waals surface area contributed by atoms with Gasteiger partial charge in [0.1, 0.15) is 0 Å². The Balaban J connectivity index is 0.00000108. The van der Waals surface area contributed by atoms with Crippen LogP contribution in [0.5, 0.6) is 0 Å². The van der Waals surface area contributed by atoms with Gasteiger partial charge in [0.15, 0.2) is 0 Å². The molecule has 3 aromatic carbocycles. The van der Waals surface area contributed by atoms with Crippen LogP contribution in [0.1, 0.15) is 18.6 Å². The van der Waals surface area contributed by atoms with Crippen LogP contribution in [-0.2, 0) is 0 Å². The van der Waals surface area contributed by atoms with Crippen LogP contribution in [-0.4, -0.2) is 0 Å². The normalized spacial score (nSPS) is 10.5. The topological polar surface area (TPSA) is 0 Å². The van der Waals surface area contributed by atoms with Gasteiger partial charge in [0, 0.05) is 0 Å². The zero-order valence-electron chi connectivity index (χ0n) is 9.62. The predicted molar refractivity (Wildman–Crippen MR) is 77.7 cm³/mol. The number of rotatable bonds is 0. The van der Waals surface area contributed by atoms with Gasteiger partial charge < -0.3 is 0 Å². The molecule has 0 saturated heterocycles. The van der Waals surface area contributed by atoms with Crippen LogP contribution in [0.4, 0.5) is 0 Å². The smallest absolute Gasteiger partial charge is 0.0105 e. The molecule has 0 aliphatic carbocycles. The summed E-state index contributed by atoms with van der Waals surface area (Å²) in [6, 6.07) is 17.7. The summed E-state index contributed by atoms with van der Waals surface area (Å²) in [5, 5.41) is 5.36. The zero-order chi connectivity index (χ0) is 11.1. The molecule has 0 spiro atoms. The number of aryl methyl sites for hydroxylation is 2. The van der Waals surface area contributed by atoms with Gasteiger partial charge in [-0.15, -0.1) is 0 Å². The Morgan fingerprint density at radius 1 is 0.588 bits per heavy atom. The van der Waals surface area contributed by atoms with Crippen LogP contribution in [0.2, 0.25) is 0 Å². The van der Waals surface area contributed by atoms with Gasteiger partial charge in [0.25, 0.3) is 0 Å². The molecule has 0 heterocycles. The van der Waals surface area contributed by atoms with Crippen molar-refractivity contribution in [2.24, 2.45) is 0 Å². The molecule has 0 aliphatic rings. The Morgan fingerprint density at radius 3 is 1.41 bits per heavy atom. The van der Waals surface area contributed by atoms with Crippen molar-refractivity contribution in [1.29, 1.82) is 0 Å². The maximum Gasteiger partial charge on any atom is -0.0105 e. The van der Waals surface area contributed by atoms with E-state index in [-0.39, 0.29) is 7.43 Å². The molecule has 0 bridgehead atoms. The number of fused-ring (bicyclic) bond motifs is 3. The summed E-state index contributed by atoms with van der Waals surface area (Å²) in [6.45, 7) is 4.28. The fourth-order valence-electron chi connectivity index (χ4n) is 2.31. The molecule has 3 rings (SSSR count). The van der Waals surface area contributed by atoms with E-state index in [1.165, 1.54) is 32.7 Å². The van der Waals surface area contributed by atoms with Crippen LogP contribution in [0.25, 0.3) is 21.5 Å². The highest BCUT2D eigenvalue weighted by Crippen LogP contribution is 2.26. The highest BCUT2D eigenvalue weighted by molar-refractivity contribution is 6.07. The van der Waals surface area contributed by atoms with E-state index in [1.54, 1.807) is 0 Å². The molecule has 0 saturated carbocycles. The van der Waals surface area contributed by atoms with Crippen molar-refractivity contribution in [3.05, 3.63) is 59.7 Å². The average Bonchev–Trinajstić information content (AvgIpc) is 2.28. The first-order valence-electron chi connectivity index (χ1n) is 5.64. The Labute approximate surface area is 103 Å². The molecule has 17 heavy (non-hydrogen) atoms. The molecule has 0 atom stereocenters. The number of hydrogen-bond acceptors (Lipinski definition) is 0. The number of benzene rings is 3. The lowest BCUT2D eigenvalue weighted by Gasteiger charge is -2.05. The van der Waals surface area contributed by atoms with E-state index in [2.05, 4.69) is 62.4 Å². The first kappa shape index (κ1) is 11.7. The van der Waals surface area contributed by atoms with Gasteiger partial charge in [0.05, 0.1) is 0 Å². The molecule has 0 aromatic heterocycles. The largest absolute Gasteiger partial charge is 0.0776 e. The average molecular weight is 222 g/mol. The van der Waals surface area contributed by atoms with E-state index in [0.29, 0.717) is 0 Å². The van der Waals surface area contributed by atoms with Crippen molar-refractivity contribution in [3.8, 4) is 0 Å². The molecular formula is C17H18. The third-order valence-electron chi connectivity index (χ3n) is 3.15. The first-order valence-corrected chi connectivity index (χ1v) is 5.64. The standard InChI is InChI=1S/C16H14.CH4/c1-11-3-7-15-13(9-11)5-6-14-10-12(2)4-8-16(14)15;/h3-10H,1-2H3;1H4. The second-order valence-corrected chi connectivity index (χ2v) is 4.51. The molecule has 0 unspecified atom stereocenters. The summed E-state index contributed by atoms with van der Waals surface area (Å²) in [7, 11) is 0. The van der Waals surface area contributed by atoms with Crippen LogP contribution in [0.15, 0.2) is 48.5 Å². The Kier molecular flexibility index (Phi) is 2.89. The van der Waals surface area contributed by atoms with Gasteiger partial charge in [-0.2, -0.15) is 0 Å². The van der Waals surface area contributed by atoms with Crippen LogP contribution in [0, 0.1) is 13.8 Å². The predicted octanol–water partition coefficient (Wildman–Crippen LogP) is 5.25. The maximum atomic E-state index is 2.24. The zero-order valence-corrected chi connectivity index (χ0v) is 9.62. The van der Waals surface area contributed by atoms with Crippen molar-refractivity contribution in [2.75, 3.05) is 0 Å². The molecular weight excluding hydrogens is 204 g/mol. The Morgan fingerprint density at radius 2 is 1.00 bits per heavy atom. The third-order valence-corrected chi connectivity index (χ3v) is 3.15. The van der Waals surface area contributed by atoms with Crippen molar-refractivity contribution < 1.29 is 0 Å². The Bertz CT molecular complexity index is 617. The van der Waals surface area contributed by atoms with Gasteiger partial charge in [-0.1, -0.05) is 67.1 Å². The number of hydrogen-bond donors (Lipinski definition) is 0. The third kappa shape index (κ3) is 1.91. The van der Waals surface area contributed by atoms with E-state index < -0.39 is 0 Å². The summed E-state index contributed by atoms with van der Waals surface area (Å²) >= 11 is 0. The van der Waals surface area contributed by atoms with Crippen molar-refractivity contribution in [1.82, 2.24) is 0 Å². The summed E-state index contributed by atoms with van der Waals surface area (Å²) in [6.07, 6.45) is 0. The van der Waals surface area contributed by atoms with Gasteiger partial charge >= 0.3 is 0 Å². The first-order chi connectivity index (χ1) is 7.74. The minimum absolute atomic E-state index is 0. The van der Waals surface area contributed by atoms with E-state index in [1.807, 2.05) is 0 Å². The van der Waals surface area contributed by atoms with Crippen molar-refractivity contribution in [2.45, 2.75) is 21.3 Å². The summed E-state index contributed by atoms with van der Waals surface area (Å²) in [4.78, 5) is 0. The van der Waals surface area contributed by atoms with Crippen molar-refractivity contribution in [3.63, 3.8) is 0 Å². The second kappa shape index (κ2) is 4.21. The van der Waals surface area contributed by atoms with Gasteiger partial charge in [-0.25, -0.2) is 0 Å². The molecule has 0 radical (unpaired) electrons. The molecule has 3 aromatic rings. The van der Waals surface area contributed by atoms with E-state index >= 15 is 0 Å². The molecule has 86 valence electrons.